The van der Waals surface area contributed by atoms with E-state index in [1.165, 1.54) is 4.68 Å². The summed E-state index contributed by atoms with van der Waals surface area (Å²) in [6.45, 7) is 0.347. The summed E-state index contributed by atoms with van der Waals surface area (Å²) in [4.78, 5) is 22.6. The fraction of sp³-hybridized carbons (Fsp3) is 0.0400. The molecule has 34 heavy (non-hydrogen) atoms. The second-order valence-electron chi connectivity index (χ2n) is 7.54. The van der Waals surface area contributed by atoms with E-state index in [0.29, 0.717) is 44.4 Å². The van der Waals surface area contributed by atoms with Crippen LogP contribution in [0.3, 0.4) is 0 Å². The summed E-state index contributed by atoms with van der Waals surface area (Å²) in [5.74, 6) is -0.230. The fourth-order valence-corrected chi connectivity index (χ4v) is 3.88. The third kappa shape index (κ3) is 4.19. The molecule has 9 heteroatoms. The van der Waals surface area contributed by atoms with Crippen LogP contribution in [0.1, 0.15) is 21.5 Å². The summed E-state index contributed by atoms with van der Waals surface area (Å²) in [6, 6.07) is 22.1. The van der Waals surface area contributed by atoms with Crippen molar-refractivity contribution in [2.45, 2.75) is 6.54 Å². The van der Waals surface area contributed by atoms with Crippen molar-refractivity contribution in [3.05, 3.63) is 99.5 Å². The molecule has 0 fully saturated rings. The number of fused-ring (bicyclic) bond motifs is 2. The van der Waals surface area contributed by atoms with E-state index in [9.17, 15) is 4.79 Å². The number of carbonyl (C=O) groups excluding carboxylic acids is 1. The zero-order valence-corrected chi connectivity index (χ0v) is 19.3. The quantitative estimate of drug-likeness (QED) is 0.328. The van der Waals surface area contributed by atoms with Crippen LogP contribution in [0.5, 0.6) is 0 Å². The zero-order chi connectivity index (χ0) is 23.7. The van der Waals surface area contributed by atoms with E-state index in [0.717, 1.165) is 5.56 Å². The van der Waals surface area contributed by atoms with Gasteiger partial charge < -0.3 is 11.1 Å². The van der Waals surface area contributed by atoms with Gasteiger partial charge in [-0.05, 0) is 35.4 Å². The van der Waals surface area contributed by atoms with Gasteiger partial charge in [0.1, 0.15) is 16.9 Å². The molecule has 0 radical (unpaired) electrons. The highest BCUT2D eigenvalue weighted by Crippen LogP contribution is 2.28. The number of hydrogen-bond donors (Lipinski definition) is 2. The summed E-state index contributed by atoms with van der Waals surface area (Å²) in [5, 5.41) is 8.25. The maximum absolute atomic E-state index is 13.2. The Balaban J connectivity index is 1.60. The normalized spacial score (nSPS) is 11.5. The minimum absolute atomic E-state index is 0.132. The van der Waals surface area contributed by atoms with Gasteiger partial charge in [-0.25, -0.2) is 9.97 Å². The van der Waals surface area contributed by atoms with E-state index in [4.69, 9.17) is 28.9 Å². The predicted molar refractivity (Wildman–Crippen MR) is 137 cm³/mol. The first-order valence-electron chi connectivity index (χ1n) is 10.4. The SMILES string of the molecule is Nc1c(C(=O)NCc2ccccc2)c2nc3ccccc3nc2n1/N=C\c1ccc(Cl)c(Cl)c1. The average molecular weight is 489 g/mol. The van der Waals surface area contributed by atoms with E-state index in [1.54, 1.807) is 24.4 Å². The maximum atomic E-state index is 13.2. The number of amides is 1. The minimum Gasteiger partial charge on any atom is -0.383 e. The molecule has 0 spiro atoms. The highest BCUT2D eigenvalue weighted by molar-refractivity contribution is 6.42. The molecule has 5 rings (SSSR count). The Morgan fingerprint density at radius 2 is 1.68 bits per heavy atom. The van der Waals surface area contributed by atoms with E-state index in [2.05, 4.69) is 20.4 Å². The number of nitrogens with two attached hydrogens (primary N) is 1. The number of anilines is 1. The van der Waals surface area contributed by atoms with Crippen LogP contribution in [-0.2, 0) is 6.54 Å². The van der Waals surface area contributed by atoms with Gasteiger partial charge in [0.05, 0.1) is 27.3 Å². The molecule has 1 amide bonds. The lowest BCUT2D eigenvalue weighted by molar-refractivity contribution is 0.0953. The predicted octanol–water partition coefficient (Wildman–Crippen LogP) is 5.29. The lowest BCUT2D eigenvalue weighted by Gasteiger charge is -2.05. The Morgan fingerprint density at radius 1 is 0.971 bits per heavy atom. The Morgan fingerprint density at radius 3 is 2.41 bits per heavy atom. The molecular formula is C25H18Cl2N6O. The van der Waals surface area contributed by atoms with Gasteiger partial charge in [-0.3, -0.25) is 4.79 Å². The minimum atomic E-state index is -0.362. The number of aromatic nitrogens is 3. The van der Waals surface area contributed by atoms with Crippen LogP contribution in [0.15, 0.2) is 77.9 Å². The average Bonchev–Trinajstić information content (AvgIpc) is 3.12. The fourth-order valence-electron chi connectivity index (χ4n) is 3.57. The van der Waals surface area contributed by atoms with Crippen molar-refractivity contribution in [2.75, 3.05) is 5.73 Å². The van der Waals surface area contributed by atoms with Crippen molar-refractivity contribution in [2.24, 2.45) is 5.10 Å². The van der Waals surface area contributed by atoms with Gasteiger partial charge in [-0.15, -0.1) is 0 Å². The van der Waals surface area contributed by atoms with Crippen LogP contribution < -0.4 is 11.1 Å². The van der Waals surface area contributed by atoms with Crippen molar-refractivity contribution in [3.8, 4) is 0 Å². The van der Waals surface area contributed by atoms with Gasteiger partial charge in [0, 0.05) is 6.54 Å². The molecule has 2 heterocycles. The smallest absolute Gasteiger partial charge is 0.257 e. The van der Waals surface area contributed by atoms with Crippen molar-refractivity contribution in [1.29, 1.82) is 0 Å². The largest absolute Gasteiger partial charge is 0.383 e. The molecule has 0 bridgehead atoms. The number of nitrogen functional groups attached to an aromatic ring is 1. The zero-order valence-electron chi connectivity index (χ0n) is 17.7. The van der Waals surface area contributed by atoms with E-state index >= 15 is 0 Å². The number of hydrogen-bond acceptors (Lipinski definition) is 5. The number of nitrogens with zero attached hydrogens (tertiary/aromatic N) is 4. The second kappa shape index (κ2) is 9.13. The van der Waals surface area contributed by atoms with Gasteiger partial charge in [-0.1, -0.05) is 71.7 Å². The number of benzene rings is 3. The van der Waals surface area contributed by atoms with Crippen molar-refractivity contribution in [1.82, 2.24) is 20.0 Å². The Bertz CT molecular complexity index is 1560. The van der Waals surface area contributed by atoms with Crippen LogP contribution in [0.2, 0.25) is 10.0 Å². The van der Waals surface area contributed by atoms with Crippen LogP contribution in [0.4, 0.5) is 5.82 Å². The van der Waals surface area contributed by atoms with Gasteiger partial charge in [0.25, 0.3) is 5.91 Å². The van der Waals surface area contributed by atoms with Crippen LogP contribution in [-0.4, -0.2) is 26.8 Å². The molecule has 0 unspecified atom stereocenters. The molecule has 0 aliphatic heterocycles. The molecule has 2 aromatic heterocycles. The summed E-state index contributed by atoms with van der Waals surface area (Å²) >= 11 is 12.1. The number of para-hydroxylation sites is 2. The van der Waals surface area contributed by atoms with E-state index in [1.807, 2.05) is 54.6 Å². The molecule has 5 aromatic rings. The molecule has 7 nitrogen and oxygen atoms in total. The monoisotopic (exact) mass is 488 g/mol. The lowest BCUT2D eigenvalue weighted by Crippen LogP contribution is -2.23. The van der Waals surface area contributed by atoms with Crippen molar-refractivity contribution < 1.29 is 4.79 Å². The van der Waals surface area contributed by atoms with E-state index < -0.39 is 0 Å². The van der Waals surface area contributed by atoms with E-state index in [-0.39, 0.29) is 17.3 Å². The van der Waals surface area contributed by atoms with Crippen LogP contribution >= 0.6 is 23.2 Å². The third-order valence-corrected chi connectivity index (χ3v) is 6.00. The number of nitrogens with one attached hydrogen (secondary N) is 1. The molecule has 0 saturated heterocycles. The van der Waals surface area contributed by atoms with Crippen LogP contribution in [0.25, 0.3) is 22.2 Å². The lowest BCUT2D eigenvalue weighted by atomic mass is 10.2. The Hall–Kier alpha value is -3.94. The second-order valence-corrected chi connectivity index (χ2v) is 8.36. The summed E-state index contributed by atoms with van der Waals surface area (Å²) in [5.41, 5.74) is 10.4. The van der Waals surface area contributed by atoms with Gasteiger partial charge in [0.2, 0.25) is 0 Å². The standard InChI is InChI=1S/C25H18Cl2N6O/c26-17-11-10-16(12-18(17)27)14-30-33-23(28)21(25(34)29-13-15-6-2-1-3-7-15)22-24(33)32-20-9-5-4-8-19(20)31-22/h1-12,14H,13,28H2,(H,29,34)/b30-14-. The first kappa shape index (κ1) is 21.9. The molecule has 0 saturated carbocycles. The Kier molecular flexibility index (Phi) is 5.88. The third-order valence-electron chi connectivity index (χ3n) is 5.26. The van der Waals surface area contributed by atoms with Crippen molar-refractivity contribution >= 4 is 63.3 Å². The summed E-state index contributed by atoms with van der Waals surface area (Å²) < 4.78 is 1.41. The molecule has 3 aromatic carbocycles. The molecule has 3 N–H and O–H groups in total. The van der Waals surface area contributed by atoms with Gasteiger partial charge in [0.15, 0.2) is 5.65 Å². The highest BCUT2D eigenvalue weighted by Gasteiger charge is 2.24. The molecule has 0 aliphatic rings. The topological polar surface area (TPSA) is 98.2 Å². The summed E-state index contributed by atoms with van der Waals surface area (Å²) in [6.07, 6.45) is 1.57. The molecular weight excluding hydrogens is 471 g/mol. The number of carbonyl (C=O) groups is 1. The summed E-state index contributed by atoms with van der Waals surface area (Å²) in [7, 11) is 0. The van der Waals surface area contributed by atoms with Gasteiger partial charge in [-0.2, -0.15) is 9.78 Å². The highest BCUT2D eigenvalue weighted by atomic mass is 35.5. The molecule has 168 valence electrons. The molecule has 0 atom stereocenters. The van der Waals surface area contributed by atoms with Crippen molar-refractivity contribution in [3.63, 3.8) is 0 Å². The van der Waals surface area contributed by atoms with Crippen LogP contribution in [0, 0.1) is 0 Å². The molecule has 0 aliphatic carbocycles. The number of halogens is 2. The first-order valence-corrected chi connectivity index (χ1v) is 11.1. The maximum Gasteiger partial charge on any atom is 0.257 e. The Labute approximate surface area is 204 Å². The number of rotatable bonds is 5. The van der Waals surface area contributed by atoms with Gasteiger partial charge >= 0.3 is 0 Å². The first-order chi connectivity index (χ1) is 16.5.